The molecule has 0 spiro atoms. The zero-order valence-electron chi connectivity index (χ0n) is 69.1. The molecule has 4 heterocycles. The fraction of sp³-hybridized carbons (Fsp3) is 0.317. The number of sulfonamides is 4. The molecule has 50 heteroatoms. The molecule has 32 nitrogen and oxygen atoms in total. The number of hydrogen-bond acceptors (Lipinski definition) is 24. The number of carbonyl (C=O) groups is 8. The fourth-order valence-electron chi connectivity index (χ4n) is 13.0. The van der Waals surface area contributed by atoms with E-state index in [2.05, 4.69) is 21.3 Å². The molecule has 8 aromatic carbocycles. The van der Waals surface area contributed by atoms with E-state index in [4.69, 9.17) is 74.8 Å². The van der Waals surface area contributed by atoms with Crippen LogP contribution in [0.4, 0.5) is 66.7 Å². The van der Waals surface area contributed by atoms with Gasteiger partial charge in [-0.2, -0.15) is 17.2 Å². The molecule has 4 fully saturated rings. The number of hydrogen-bond donors (Lipinski definition) is 6. The van der Waals surface area contributed by atoms with Crippen LogP contribution < -0.4 is 21.3 Å². The van der Waals surface area contributed by atoms with Gasteiger partial charge in [0, 0.05) is 111 Å². The number of carbonyl (C=O) groups excluding carboxylic acids is 8. The third kappa shape index (κ3) is 28.3. The molecule has 12 rings (SSSR count). The van der Waals surface area contributed by atoms with Crippen molar-refractivity contribution >= 4 is 157 Å². The summed E-state index contributed by atoms with van der Waals surface area (Å²) in [5, 5.41) is 27.3. The first-order valence-corrected chi connectivity index (χ1v) is 46.0. The first-order valence-electron chi connectivity index (χ1n) is 38.8. The molecule has 0 aliphatic carbocycles. The van der Waals surface area contributed by atoms with Crippen LogP contribution >= 0.6 is 46.4 Å². The van der Waals surface area contributed by atoms with Gasteiger partial charge in [0.15, 0.2) is 23.3 Å². The number of benzene rings is 8. The van der Waals surface area contributed by atoms with Gasteiger partial charge in [0.05, 0.1) is 84.9 Å². The lowest BCUT2D eigenvalue weighted by Crippen LogP contribution is -2.41. The van der Waals surface area contributed by atoms with E-state index in [0.717, 1.165) is 134 Å². The lowest BCUT2D eigenvalue weighted by Gasteiger charge is -2.25. The standard InChI is InChI=1S/C23H22ClF3N2O7S.C23H23ClF2N2O7S.C18H16ClF3N2O5S.C18H17ClF2N2O5S/c1-12(30)35-16-4-5-17(36-13(2)31)11-29(10-16)37(33,34)21-7-14(3-6-19(21)25)23(32)28-15-8-18(24)22(27)20(26)9-15;1-13(29)34-17-5-6-18(35-14(2)30)12-28(11-17)36(32,33)22-9-15(3-7-21(22)26)23(31)27-16-4-8-20(25)19(24)10-16;19-13-6-11(7-15(21)17(13)22)23-18(26)10-1-2-14(20)16(5-10)30(27,28)24-3-4-29-9-12(25)8-24;19-14-8-12(2-4-15(14)20)22-18(25)11-1-3-16(21)17(7-11)29(26,27)23-5-6-28-10-13(24)9-23/h3,6-9,16-17H,4-5,10-11H2,1-2H3,(H,28,32);3-4,7-10,17-18H,5-6,11-12H2,1-2H3,(H,27,31);1-2,5-7,12,25H,3-4,8-9H2,(H,23,26);1-4,7-8,13,24H,5-6,9-10H2,(H,22,25)/t16-,17+;17-,18+;;13-/m...1/s1. The predicted molar refractivity (Wildman–Crippen MR) is 452 cm³/mol. The molecule has 4 saturated heterocycles. The van der Waals surface area contributed by atoms with Crippen molar-refractivity contribution in [1.82, 2.24) is 17.2 Å². The van der Waals surface area contributed by atoms with Crippen molar-refractivity contribution in [3.8, 4) is 0 Å². The second kappa shape index (κ2) is 45.9. The third-order valence-corrected chi connectivity index (χ3v) is 27.7. The summed E-state index contributed by atoms with van der Waals surface area (Å²) >= 11 is 22.5. The van der Waals surface area contributed by atoms with E-state index >= 15 is 0 Å². The first kappa shape index (κ1) is 105. The molecule has 4 aliphatic heterocycles. The van der Waals surface area contributed by atoms with Crippen molar-refractivity contribution in [2.75, 3.05) is 100 Å². The molecule has 4 aliphatic rings. The average molecular weight is 2020 g/mol. The number of anilines is 4. The molecule has 4 amide bonds. The van der Waals surface area contributed by atoms with E-state index in [1.54, 1.807) is 0 Å². The van der Waals surface area contributed by atoms with Crippen molar-refractivity contribution in [3.63, 3.8) is 0 Å². The Hall–Kier alpha value is -10.5. The Bertz CT molecular complexity index is 6120. The highest BCUT2D eigenvalue weighted by Gasteiger charge is 2.41. The van der Waals surface area contributed by atoms with Gasteiger partial charge in [0.2, 0.25) is 40.1 Å². The lowest BCUT2D eigenvalue weighted by molar-refractivity contribution is -0.148. The van der Waals surface area contributed by atoms with E-state index in [1.165, 1.54) is 32.0 Å². The summed E-state index contributed by atoms with van der Waals surface area (Å²) in [7, 11) is -17.9. The second-order valence-electron chi connectivity index (χ2n) is 29.1. The molecule has 0 saturated carbocycles. The normalized spacial score (nSPS) is 18.4. The summed E-state index contributed by atoms with van der Waals surface area (Å²) in [5.41, 5.74) is -0.959. The zero-order valence-corrected chi connectivity index (χ0v) is 75.4. The summed E-state index contributed by atoms with van der Waals surface area (Å²) in [6.45, 7) is 2.57. The Morgan fingerprint density at radius 3 is 0.818 bits per heavy atom. The van der Waals surface area contributed by atoms with Crippen molar-refractivity contribution < 1.29 is 155 Å². The molecule has 712 valence electrons. The van der Waals surface area contributed by atoms with Gasteiger partial charge in [-0.1, -0.05) is 46.4 Å². The number of rotatable bonds is 20. The number of aliphatic hydroxyl groups excluding tert-OH is 2. The van der Waals surface area contributed by atoms with E-state index in [1.807, 2.05) is 0 Å². The summed E-state index contributed by atoms with van der Waals surface area (Å²) in [5.74, 6) is -16.9. The highest BCUT2D eigenvalue weighted by Crippen LogP contribution is 2.34. The van der Waals surface area contributed by atoms with Crippen LogP contribution in [0.3, 0.4) is 0 Å². The Balaban J connectivity index is 0.000000199. The molecule has 6 N–H and O–H groups in total. The van der Waals surface area contributed by atoms with Gasteiger partial charge in [-0.3, -0.25) is 38.4 Å². The topological polar surface area (TPSA) is 430 Å². The summed E-state index contributed by atoms with van der Waals surface area (Å²) in [6.07, 6.45) is -4.81. The summed E-state index contributed by atoms with van der Waals surface area (Å²) in [4.78, 5) is 93.0. The van der Waals surface area contributed by atoms with Gasteiger partial charge < -0.3 is 59.9 Å². The Kier molecular flexibility index (Phi) is 36.6. The van der Waals surface area contributed by atoms with Crippen molar-refractivity contribution in [2.45, 2.75) is 110 Å². The highest BCUT2D eigenvalue weighted by atomic mass is 35.5. The maximum absolute atomic E-state index is 14.8. The smallest absolute Gasteiger partial charge is 0.302 e. The van der Waals surface area contributed by atoms with Gasteiger partial charge in [0.1, 0.15) is 78.9 Å². The minimum Gasteiger partial charge on any atom is -0.461 e. The van der Waals surface area contributed by atoms with Gasteiger partial charge in [-0.05, 0) is 147 Å². The quantitative estimate of drug-likeness (QED) is 0.0179. The summed E-state index contributed by atoms with van der Waals surface area (Å²) < 4.78 is 278. The van der Waals surface area contributed by atoms with Crippen LogP contribution in [0.1, 0.15) is 94.8 Å². The maximum Gasteiger partial charge on any atom is 0.302 e. The molecule has 0 aromatic heterocycles. The molecular formula is C82H78Cl4F10N8O24S4. The van der Waals surface area contributed by atoms with Gasteiger partial charge in [-0.25, -0.2) is 77.6 Å². The highest BCUT2D eigenvalue weighted by molar-refractivity contribution is 7.90. The average Bonchev–Trinajstić information content (AvgIpc) is 1.27. The predicted octanol–water partition coefficient (Wildman–Crippen LogP) is 11.8. The van der Waals surface area contributed by atoms with Crippen LogP contribution in [-0.2, 0) is 87.7 Å². The minimum atomic E-state index is -4.64. The Morgan fingerprint density at radius 1 is 0.326 bits per heavy atom. The molecule has 0 bridgehead atoms. The zero-order chi connectivity index (χ0) is 97.3. The van der Waals surface area contributed by atoms with Crippen molar-refractivity contribution in [1.29, 1.82) is 0 Å². The second-order valence-corrected chi connectivity index (χ2v) is 38.3. The molecule has 1 unspecified atom stereocenters. The number of aliphatic hydroxyl groups is 2. The lowest BCUT2D eigenvalue weighted by atomic mass is 10.1. The molecular weight excluding hydrogens is 1940 g/mol. The molecule has 8 aromatic rings. The number of halogens is 14. The third-order valence-electron chi connectivity index (χ3n) is 19.1. The number of amides is 4. The number of β-amino-alcohol motifs (C(OH)–C–C–N with tert-alkyl or cyclic N) is 2. The van der Waals surface area contributed by atoms with Crippen LogP contribution in [0.2, 0.25) is 20.1 Å². The molecule has 0 radical (unpaired) electrons. The van der Waals surface area contributed by atoms with Crippen LogP contribution in [0.15, 0.2) is 153 Å². The first-order chi connectivity index (χ1) is 61.9. The van der Waals surface area contributed by atoms with Crippen LogP contribution in [0.25, 0.3) is 0 Å². The monoisotopic (exact) mass is 2020 g/mol. The Morgan fingerprint density at radius 2 is 0.568 bits per heavy atom. The van der Waals surface area contributed by atoms with E-state index in [0.29, 0.717) is 12.1 Å². The van der Waals surface area contributed by atoms with Gasteiger partial charge in [0.25, 0.3) is 23.6 Å². The van der Waals surface area contributed by atoms with Crippen LogP contribution in [-0.4, -0.2) is 224 Å². The fourth-order valence-corrected chi connectivity index (χ4v) is 20.1. The number of esters is 4. The van der Waals surface area contributed by atoms with Crippen LogP contribution in [0, 0.1) is 58.2 Å². The largest absolute Gasteiger partial charge is 0.461 e. The van der Waals surface area contributed by atoms with Gasteiger partial charge in [-0.15, -0.1) is 0 Å². The number of nitrogens with one attached hydrogen (secondary N) is 4. The number of ether oxygens (including phenoxy) is 6. The SMILES string of the molecule is CC(=O)O[C@@H]1CC[C@H](OC(C)=O)CN(S(=O)(=O)c2cc(C(=O)Nc3cc(F)c(F)c(Cl)c3)ccc2F)C1.CC(=O)O[C@@H]1CC[C@H](OC(C)=O)CN(S(=O)(=O)c2cc(C(=O)Nc3ccc(F)c(Cl)c3)ccc2F)C1.O=C(Nc1cc(F)c(F)c(Cl)c1)c1ccc(F)c(S(=O)(=O)N2CCOCC(O)C2)c1.O=C(Nc1ccc(F)c(Cl)c1)c1ccc(F)c(S(=O)(=O)N2CCOC[C@H](O)C2)c1. The van der Waals surface area contributed by atoms with E-state index < -0.39 is 212 Å². The molecule has 6 atom stereocenters. The minimum absolute atomic E-state index is 0.00890. The van der Waals surface area contributed by atoms with E-state index in [9.17, 15) is 126 Å². The van der Waals surface area contributed by atoms with Crippen molar-refractivity contribution in [3.05, 3.63) is 234 Å². The maximum atomic E-state index is 14.8. The van der Waals surface area contributed by atoms with E-state index in [-0.39, 0.29) is 160 Å². The van der Waals surface area contributed by atoms with Crippen molar-refractivity contribution in [2.24, 2.45) is 0 Å². The number of nitrogens with zero attached hydrogens (tertiary/aromatic N) is 4. The summed E-state index contributed by atoms with van der Waals surface area (Å²) in [6, 6.07) is 21.1. The Labute approximate surface area is 767 Å². The molecule has 132 heavy (non-hydrogen) atoms. The van der Waals surface area contributed by atoms with Gasteiger partial charge >= 0.3 is 23.9 Å². The van der Waals surface area contributed by atoms with Crippen LogP contribution in [0.5, 0.6) is 0 Å².